The Kier molecular flexibility index (Phi) is 7.80. The van der Waals surface area contributed by atoms with Crippen molar-refractivity contribution in [2.45, 2.75) is 115 Å². The molecule has 2 aromatic rings. The molecule has 3 aliphatic rings. The number of halogens is 3. The van der Waals surface area contributed by atoms with Gasteiger partial charge in [-0.05, 0) is 63.5 Å². The van der Waals surface area contributed by atoms with E-state index in [9.17, 15) is 18.0 Å². The fourth-order valence-corrected chi connectivity index (χ4v) is 6.84. The summed E-state index contributed by atoms with van der Waals surface area (Å²) in [6.07, 6.45) is 6.36. The molecule has 10 heteroatoms. The molecule has 38 heavy (non-hydrogen) atoms. The fourth-order valence-electron chi connectivity index (χ4n) is 6.84. The molecule has 4 atom stereocenters. The summed E-state index contributed by atoms with van der Waals surface area (Å²) in [7, 11) is 0. The maximum Gasteiger partial charge on any atom is 0.248 e. The van der Waals surface area contributed by atoms with E-state index in [2.05, 4.69) is 43.8 Å². The average Bonchev–Trinajstić information content (AvgIpc) is 3.37. The summed E-state index contributed by atoms with van der Waals surface area (Å²) >= 11 is 0. The Morgan fingerprint density at radius 1 is 1.08 bits per heavy atom. The number of nitrogens with zero attached hydrogens (tertiary/aromatic N) is 5. The van der Waals surface area contributed by atoms with Gasteiger partial charge in [-0.3, -0.25) is 9.69 Å². The summed E-state index contributed by atoms with van der Waals surface area (Å²) in [6.45, 7) is 7.14. The molecule has 1 amide bonds. The molecule has 2 saturated heterocycles. The molecule has 1 saturated carbocycles. The lowest BCUT2D eigenvalue weighted by Gasteiger charge is -2.40. The highest BCUT2D eigenvalue weighted by atomic mass is 19.3. The first-order chi connectivity index (χ1) is 18.1. The van der Waals surface area contributed by atoms with E-state index in [1.54, 1.807) is 6.07 Å². The monoisotopic (exact) mass is 532 g/mol. The van der Waals surface area contributed by atoms with E-state index in [0.717, 1.165) is 49.4 Å². The normalized spacial score (nSPS) is 26.6. The van der Waals surface area contributed by atoms with Crippen LogP contribution in [-0.2, 0) is 4.79 Å². The first-order valence-electron chi connectivity index (χ1n) is 14.1. The van der Waals surface area contributed by atoms with Crippen LogP contribution >= 0.6 is 0 Å². The molecule has 4 heterocycles. The van der Waals surface area contributed by atoms with Crippen LogP contribution in [0.4, 0.5) is 13.2 Å². The first kappa shape index (κ1) is 27.1. The zero-order chi connectivity index (χ0) is 27.0. The molecule has 2 aliphatic heterocycles. The van der Waals surface area contributed by atoms with Gasteiger partial charge in [0.05, 0.1) is 6.04 Å². The van der Waals surface area contributed by atoms with Crippen molar-refractivity contribution in [1.82, 2.24) is 30.0 Å². The smallest absolute Gasteiger partial charge is 0.248 e. The first-order valence-corrected chi connectivity index (χ1v) is 14.1. The molecule has 1 N–H and O–H groups in total. The number of carbonyl (C=O) groups is 1. The Balaban J connectivity index is 1.25. The van der Waals surface area contributed by atoms with E-state index in [-0.39, 0.29) is 37.6 Å². The lowest BCUT2D eigenvalue weighted by Crippen LogP contribution is -2.45. The van der Waals surface area contributed by atoms with Gasteiger partial charge in [0.1, 0.15) is 11.6 Å². The highest BCUT2D eigenvalue weighted by Gasteiger charge is 2.42. The van der Waals surface area contributed by atoms with Crippen LogP contribution < -0.4 is 5.32 Å². The van der Waals surface area contributed by atoms with Crippen LogP contribution in [0, 0.1) is 18.8 Å². The van der Waals surface area contributed by atoms with Crippen LogP contribution in [0.15, 0.2) is 18.3 Å². The third-order valence-corrected chi connectivity index (χ3v) is 8.87. The van der Waals surface area contributed by atoms with Crippen molar-refractivity contribution in [2.24, 2.45) is 5.92 Å². The third-order valence-electron chi connectivity index (χ3n) is 8.87. The topological polar surface area (TPSA) is 75.9 Å². The second-order valence-corrected chi connectivity index (χ2v) is 11.8. The summed E-state index contributed by atoms with van der Waals surface area (Å²) in [5.41, 5.74) is 0.741. The van der Waals surface area contributed by atoms with Gasteiger partial charge in [-0.25, -0.2) is 13.8 Å². The summed E-state index contributed by atoms with van der Waals surface area (Å²) < 4.78 is 43.1. The van der Waals surface area contributed by atoms with Crippen LogP contribution in [0.1, 0.15) is 107 Å². The van der Waals surface area contributed by atoms with E-state index in [0.29, 0.717) is 30.5 Å². The molecular weight excluding hydrogens is 493 g/mol. The minimum Gasteiger partial charge on any atom is -0.349 e. The summed E-state index contributed by atoms with van der Waals surface area (Å²) in [4.78, 5) is 19.4. The molecular formula is C28H39F3N6O. The number of rotatable bonds is 8. The van der Waals surface area contributed by atoms with Crippen LogP contribution in [0.3, 0.4) is 0 Å². The molecule has 208 valence electrons. The molecule has 2 aromatic heterocycles. The van der Waals surface area contributed by atoms with Crippen molar-refractivity contribution in [3.8, 4) is 0 Å². The van der Waals surface area contributed by atoms with E-state index < -0.39 is 17.8 Å². The number of piperidine rings is 1. The zero-order valence-electron chi connectivity index (χ0n) is 22.5. The Bertz CT molecular complexity index is 1100. The van der Waals surface area contributed by atoms with E-state index in [1.807, 2.05) is 6.92 Å². The number of hydrogen-bond acceptors (Lipinski definition) is 5. The predicted octanol–water partition coefficient (Wildman–Crippen LogP) is 5.49. The molecule has 7 nitrogen and oxygen atoms in total. The Morgan fingerprint density at radius 2 is 1.76 bits per heavy atom. The van der Waals surface area contributed by atoms with Crippen LogP contribution in [0.25, 0.3) is 0 Å². The molecule has 2 bridgehead atoms. The fraction of sp³-hybridized carbons (Fsp3) is 0.714. The largest absolute Gasteiger partial charge is 0.349 e. The van der Waals surface area contributed by atoms with Gasteiger partial charge in [-0.2, -0.15) is 4.39 Å². The van der Waals surface area contributed by atoms with Crippen LogP contribution in [-0.4, -0.2) is 55.1 Å². The van der Waals surface area contributed by atoms with Gasteiger partial charge in [0.25, 0.3) is 0 Å². The van der Waals surface area contributed by atoms with Crippen LogP contribution in [0.5, 0.6) is 0 Å². The quantitative estimate of drug-likeness (QED) is 0.456. The molecule has 0 radical (unpaired) electrons. The molecule has 3 fully saturated rings. The van der Waals surface area contributed by atoms with Crippen molar-refractivity contribution in [1.29, 1.82) is 0 Å². The molecule has 5 rings (SSSR count). The average molecular weight is 533 g/mol. The molecule has 1 unspecified atom stereocenters. The van der Waals surface area contributed by atoms with Gasteiger partial charge >= 0.3 is 0 Å². The number of amides is 1. The van der Waals surface area contributed by atoms with Crippen molar-refractivity contribution >= 4 is 5.91 Å². The SMILES string of the molecule is Cc1nnc(C(C)C)n1C1C[C@H]2CC[C@@H](C1)N2CC[C@H](NC(=O)C1CCC(F)(F)CC1)c1ccc(F)nc1. The molecule has 0 spiro atoms. The van der Waals surface area contributed by atoms with Crippen LogP contribution in [0.2, 0.25) is 0 Å². The highest BCUT2D eigenvalue weighted by molar-refractivity contribution is 5.79. The maximum atomic E-state index is 13.6. The van der Waals surface area contributed by atoms with Gasteiger partial charge in [0, 0.05) is 55.5 Å². The lowest BCUT2D eigenvalue weighted by molar-refractivity contribution is -0.130. The summed E-state index contributed by atoms with van der Waals surface area (Å²) in [6, 6.07) is 3.90. The Labute approximate surface area is 222 Å². The van der Waals surface area contributed by atoms with Crippen molar-refractivity contribution in [2.75, 3.05) is 6.54 Å². The third kappa shape index (κ3) is 5.75. The second kappa shape index (κ2) is 10.9. The number of fused-ring (bicyclic) bond motifs is 2. The minimum atomic E-state index is -2.68. The van der Waals surface area contributed by atoms with E-state index in [4.69, 9.17) is 0 Å². The van der Waals surface area contributed by atoms with Crippen molar-refractivity contribution < 1.29 is 18.0 Å². The van der Waals surface area contributed by atoms with Crippen molar-refractivity contribution in [3.05, 3.63) is 41.5 Å². The molecule has 0 aromatic carbocycles. The van der Waals surface area contributed by atoms with Crippen molar-refractivity contribution in [3.63, 3.8) is 0 Å². The number of aryl methyl sites for hydroxylation is 1. The standard InChI is InChI=1S/C28H39F3N6O/c1-17(2)26-35-34-18(3)37(26)23-14-21-5-6-22(15-23)36(21)13-10-24(20-4-7-25(29)32-16-20)33-27(38)19-8-11-28(30,31)12-9-19/h4,7,16-17,19,21-24H,5-6,8-15H2,1-3H3,(H,33,38)/t21-,22+,23?,24-/m0/s1. The highest BCUT2D eigenvalue weighted by Crippen LogP contribution is 2.42. The van der Waals surface area contributed by atoms with E-state index in [1.165, 1.54) is 12.3 Å². The van der Waals surface area contributed by atoms with Gasteiger partial charge in [-0.15, -0.1) is 10.2 Å². The number of hydrogen-bond donors (Lipinski definition) is 1. The zero-order valence-corrected chi connectivity index (χ0v) is 22.5. The van der Waals surface area contributed by atoms with Gasteiger partial charge in [-0.1, -0.05) is 19.9 Å². The Morgan fingerprint density at radius 3 is 2.37 bits per heavy atom. The number of nitrogens with one attached hydrogen (secondary N) is 1. The second-order valence-electron chi connectivity index (χ2n) is 11.8. The molecule has 1 aliphatic carbocycles. The number of alkyl halides is 2. The summed E-state index contributed by atoms with van der Waals surface area (Å²) in [5.74, 6) is -1.52. The number of pyridine rings is 1. The lowest BCUT2D eigenvalue weighted by atomic mass is 9.86. The Hall–Kier alpha value is -2.49. The summed E-state index contributed by atoms with van der Waals surface area (Å²) in [5, 5.41) is 11.9. The van der Waals surface area contributed by atoms with Gasteiger partial charge < -0.3 is 9.88 Å². The van der Waals surface area contributed by atoms with E-state index >= 15 is 0 Å². The predicted molar refractivity (Wildman–Crippen MR) is 137 cm³/mol. The number of aromatic nitrogens is 4. The minimum absolute atomic E-state index is 0.186. The number of carbonyl (C=O) groups excluding carboxylic acids is 1. The van der Waals surface area contributed by atoms with Gasteiger partial charge in [0.15, 0.2) is 0 Å². The van der Waals surface area contributed by atoms with Gasteiger partial charge in [0.2, 0.25) is 17.8 Å². The maximum absolute atomic E-state index is 13.6.